The molecule has 0 spiro atoms. The molecule has 2 heterocycles. The molecule has 8 heteroatoms. The van der Waals surface area contributed by atoms with E-state index in [4.69, 9.17) is 28.2 Å². The lowest BCUT2D eigenvalue weighted by Crippen LogP contribution is -2.48. The van der Waals surface area contributed by atoms with Gasteiger partial charge in [-0.3, -0.25) is 4.79 Å². The van der Waals surface area contributed by atoms with Crippen LogP contribution < -0.4 is 4.90 Å². The standard InChI is InChI=1S/C22H23Cl2N3OS2/c1-15-18(24)8-9-19-21(15)25-22(30-19)27-12-10-26(11-13-27)20(28)3-2-14-29-17-6-4-16(23)5-7-17/h4-9H,2-3,10-14H2,1H3. The third kappa shape index (κ3) is 5.05. The van der Waals surface area contributed by atoms with Gasteiger partial charge >= 0.3 is 0 Å². The highest BCUT2D eigenvalue weighted by Gasteiger charge is 2.23. The smallest absolute Gasteiger partial charge is 0.222 e. The Balaban J connectivity index is 1.24. The first-order valence-electron chi connectivity index (χ1n) is 9.98. The number of piperazine rings is 1. The summed E-state index contributed by atoms with van der Waals surface area (Å²) in [6, 6.07) is 11.8. The maximum atomic E-state index is 12.6. The van der Waals surface area contributed by atoms with Gasteiger partial charge in [0.05, 0.1) is 10.2 Å². The number of halogens is 2. The zero-order valence-electron chi connectivity index (χ0n) is 16.7. The Bertz CT molecular complexity index is 1030. The largest absolute Gasteiger partial charge is 0.345 e. The number of aryl methyl sites for hydroxylation is 1. The fourth-order valence-electron chi connectivity index (χ4n) is 3.47. The van der Waals surface area contributed by atoms with Crippen LogP contribution in [0.4, 0.5) is 5.13 Å². The van der Waals surface area contributed by atoms with Crippen molar-refractivity contribution < 1.29 is 4.79 Å². The van der Waals surface area contributed by atoms with Crippen molar-refractivity contribution in [1.82, 2.24) is 9.88 Å². The lowest BCUT2D eigenvalue weighted by atomic mass is 10.2. The highest BCUT2D eigenvalue weighted by atomic mass is 35.5. The average Bonchev–Trinajstić information content (AvgIpc) is 3.20. The van der Waals surface area contributed by atoms with Gasteiger partial charge in [-0.2, -0.15) is 0 Å². The van der Waals surface area contributed by atoms with E-state index < -0.39 is 0 Å². The Kier molecular flexibility index (Phi) is 7.08. The summed E-state index contributed by atoms with van der Waals surface area (Å²) in [7, 11) is 0. The van der Waals surface area contributed by atoms with Crippen LogP contribution >= 0.6 is 46.3 Å². The van der Waals surface area contributed by atoms with Crippen molar-refractivity contribution in [3.8, 4) is 0 Å². The molecule has 0 bridgehead atoms. The summed E-state index contributed by atoms with van der Waals surface area (Å²) in [6.07, 6.45) is 1.48. The van der Waals surface area contributed by atoms with Gasteiger partial charge in [0.2, 0.25) is 5.91 Å². The van der Waals surface area contributed by atoms with E-state index in [1.807, 2.05) is 48.2 Å². The van der Waals surface area contributed by atoms with Crippen LogP contribution in [0.25, 0.3) is 10.2 Å². The van der Waals surface area contributed by atoms with E-state index in [9.17, 15) is 4.79 Å². The molecule has 1 amide bonds. The van der Waals surface area contributed by atoms with Gasteiger partial charge in [0.1, 0.15) is 0 Å². The van der Waals surface area contributed by atoms with Crippen LogP contribution in [0.1, 0.15) is 18.4 Å². The summed E-state index contributed by atoms with van der Waals surface area (Å²) in [5.41, 5.74) is 2.01. The molecule has 4 nitrogen and oxygen atoms in total. The second kappa shape index (κ2) is 9.77. The minimum Gasteiger partial charge on any atom is -0.345 e. The first kappa shape index (κ1) is 21.8. The summed E-state index contributed by atoms with van der Waals surface area (Å²) in [5, 5.41) is 2.52. The van der Waals surface area contributed by atoms with Crippen LogP contribution in [0.5, 0.6) is 0 Å². The molecule has 1 fully saturated rings. The first-order chi connectivity index (χ1) is 14.5. The number of fused-ring (bicyclic) bond motifs is 1. The number of hydrogen-bond donors (Lipinski definition) is 0. The van der Waals surface area contributed by atoms with Crippen LogP contribution in [0.2, 0.25) is 10.0 Å². The van der Waals surface area contributed by atoms with Crippen LogP contribution in [0, 0.1) is 6.92 Å². The second-order valence-electron chi connectivity index (χ2n) is 7.29. The number of amides is 1. The molecule has 3 aromatic rings. The first-order valence-corrected chi connectivity index (χ1v) is 12.5. The molecule has 2 aromatic carbocycles. The fraction of sp³-hybridized carbons (Fsp3) is 0.364. The number of thioether (sulfide) groups is 1. The van der Waals surface area contributed by atoms with Gasteiger partial charge in [0, 0.05) is 47.5 Å². The van der Waals surface area contributed by atoms with Crippen molar-refractivity contribution in [2.24, 2.45) is 0 Å². The van der Waals surface area contributed by atoms with Gasteiger partial charge in [-0.25, -0.2) is 4.98 Å². The number of aromatic nitrogens is 1. The van der Waals surface area contributed by atoms with Crippen LogP contribution in [-0.2, 0) is 4.79 Å². The monoisotopic (exact) mass is 479 g/mol. The molecular weight excluding hydrogens is 457 g/mol. The number of rotatable bonds is 6. The SMILES string of the molecule is Cc1c(Cl)ccc2sc(N3CCN(C(=O)CCCSc4ccc(Cl)cc4)CC3)nc12. The fourth-order valence-corrected chi connectivity index (χ4v) is 5.68. The Morgan fingerprint density at radius 2 is 1.83 bits per heavy atom. The third-order valence-corrected chi connectivity index (χ3v) is 8.10. The van der Waals surface area contributed by atoms with E-state index in [0.717, 1.165) is 69.3 Å². The maximum Gasteiger partial charge on any atom is 0.222 e. The Hall–Kier alpha value is -1.47. The van der Waals surface area contributed by atoms with Crippen molar-refractivity contribution in [3.05, 3.63) is 52.0 Å². The molecule has 0 radical (unpaired) electrons. The minimum atomic E-state index is 0.248. The number of carbonyl (C=O) groups is 1. The summed E-state index contributed by atoms with van der Waals surface area (Å²) in [5.74, 6) is 1.18. The van der Waals surface area contributed by atoms with Gasteiger partial charge in [0.15, 0.2) is 5.13 Å². The van der Waals surface area contributed by atoms with Gasteiger partial charge in [-0.1, -0.05) is 34.5 Å². The molecule has 30 heavy (non-hydrogen) atoms. The molecule has 0 aliphatic carbocycles. The predicted molar refractivity (Wildman–Crippen MR) is 130 cm³/mol. The highest BCUT2D eigenvalue weighted by molar-refractivity contribution is 7.99. The number of carbonyl (C=O) groups excluding carboxylic acids is 1. The van der Waals surface area contributed by atoms with E-state index in [-0.39, 0.29) is 5.91 Å². The number of benzene rings is 2. The predicted octanol–water partition coefficient (Wildman–Crippen LogP) is 6.13. The molecule has 0 atom stereocenters. The van der Waals surface area contributed by atoms with Gasteiger partial charge in [-0.15, -0.1) is 11.8 Å². The van der Waals surface area contributed by atoms with E-state index in [2.05, 4.69) is 4.90 Å². The Labute approximate surface area is 195 Å². The van der Waals surface area contributed by atoms with Crippen LogP contribution in [-0.4, -0.2) is 47.7 Å². The normalized spacial score (nSPS) is 14.5. The zero-order valence-corrected chi connectivity index (χ0v) is 19.9. The molecule has 0 unspecified atom stereocenters. The summed E-state index contributed by atoms with van der Waals surface area (Å²) in [4.78, 5) is 22.8. The number of anilines is 1. The van der Waals surface area contributed by atoms with Crippen molar-refractivity contribution in [2.45, 2.75) is 24.7 Å². The van der Waals surface area contributed by atoms with Crippen molar-refractivity contribution >= 4 is 67.6 Å². The van der Waals surface area contributed by atoms with Crippen molar-refractivity contribution in [3.63, 3.8) is 0 Å². The molecular formula is C22H23Cl2N3OS2. The molecule has 0 saturated carbocycles. The lowest BCUT2D eigenvalue weighted by molar-refractivity contribution is -0.131. The van der Waals surface area contributed by atoms with Gasteiger partial charge < -0.3 is 9.80 Å². The van der Waals surface area contributed by atoms with Crippen molar-refractivity contribution in [1.29, 1.82) is 0 Å². The van der Waals surface area contributed by atoms with E-state index in [1.165, 1.54) is 4.90 Å². The highest BCUT2D eigenvalue weighted by Crippen LogP contribution is 2.33. The quantitative estimate of drug-likeness (QED) is 0.314. The van der Waals surface area contributed by atoms with E-state index in [1.54, 1.807) is 23.1 Å². The molecule has 1 aliphatic rings. The van der Waals surface area contributed by atoms with Crippen LogP contribution in [0.3, 0.4) is 0 Å². The van der Waals surface area contributed by atoms with Crippen LogP contribution in [0.15, 0.2) is 41.3 Å². The Morgan fingerprint density at radius 1 is 1.10 bits per heavy atom. The molecule has 0 N–H and O–H groups in total. The summed E-state index contributed by atoms with van der Waals surface area (Å²) in [6.45, 7) is 5.14. The van der Waals surface area contributed by atoms with E-state index in [0.29, 0.717) is 6.42 Å². The second-order valence-corrected chi connectivity index (χ2v) is 10.3. The molecule has 1 saturated heterocycles. The summed E-state index contributed by atoms with van der Waals surface area (Å²) >= 11 is 15.6. The maximum absolute atomic E-state index is 12.6. The zero-order chi connectivity index (χ0) is 21.1. The number of thiazole rings is 1. The minimum absolute atomic E-state index is 0.248. The molecule has 1 aliphatic heterocycles. The van der Waals surface area contributed by atoms with Gasteiger partial charge in [0.25, 0.3) is 0 Å². The number of hydrogen-bond acceptors (Lipinski definition) is 5. The average molecular weight is 480 g/mol. The topological polar surface area (TPSA) is 36.4 Å². The molecule has 158 valence electrons. The number of nitrogens with zero attached hydrogens (tertiary/aromatic N) is 3. The molecule has 1 aromatic heterocycles. The summed E-state index contributed by atoms with van der Waals surface area (Å²) < 4.78 is 1.16. The Morgan fingerprint density at radius 3 is 2.57 bits per heavy atom. The lowest BCUT2D eigenvalue weighted by Gasteiger charge is -2.34. The van der Waals surface area contributed by atoms with E-state index >= 15 is 0 Å². The van der Waals surface area contributed by atoms with Gasteiger partial charge in [-0.05, 0) is 61.1 Å². The van der Waals surface area contributed by atoms with Crippen molar-refractivity contribution in [2.75, 3.05) is 36.8 Å². The molecule has 4 rings (SSSR count). The third-order valence-electron chi connectivity index (χ3n) is 5.26.